The summed E-state index contributed by atoms with van der Waals surface area (Å²) in [4.78, 5) is 10.7. The van der Waals surface area contributed by atoms with Gasteiger partial charge in [-0.2, -0.15) is 13.2 Å². The first kappa shape index (κ1) is 14.5. The van der Waals surface area contributed by atoms with E-state index >= 15 is 0 Å². The molecule has 0 unspecified atom stereocenters. The van der Waals surface area contributed by atoms with Gasteiger partial charge in [0.2, 0.25) is 0 Å². The van der Waals surface area contributed by atoms with Crippen molar-refractivity contribution in [1.29, 1.82) is 0 Å². The Morgan fingerprint density at radius 2 is 1.89 bits per heavy atom. The van der Waals surface area contributed by atoms with Crippen LogP contribution in [0.4, 0.5) is 13.2 Å². The molecule has 0 aromatic heterocycles. The minimum atomic E-state index is -4.79. The van der Waals surface area contributed by atoms with Gasteiger partial charge < -0.3 is 5.11 Å². The third kappa shape index (κ3) is 3.73. The fourth-order valence-corrected chi connectivity index (χ4v) is 2.19. The number of benzene rings is 1. The summed E-state index contributed by atoms with van der Waals surface area (Å²) in [5, 5.41) is 8.70. The number of hydrogen-bond donors (Lipinski definition) is 1. The lowest BCUT2D eigenvalue weighted by Crippen LogP contribution is -2.14. The van der Waals surface area contributed by atoms with Crippen molar-refractivity contribution < 1.29 is 31.5 Å². The van der Waals surface area contributed by atoms with E-state index in [0.29, 0.717) is 6.07 Å². The molecule has 100 valence electrons. The highest BCUT2D eigenvalue weighted by Crippen LogP contribution is 2.32. The van der Waals surface area contributed by atoms with E-state index in [-0.39, 0.29) is 5.56 Å². The second-order valence-corrected chi connectivity index (χ2v) is 5.89. The van der Waals surface area contributed by atoms with E-state index in [2.05, 4.69) is 0 Å². The number of carboxylic acids is 1. The first-order chi connectivity index (χ1) is 8.00. The van der Waals surface area contributed by atoms with Crippen LogP contribution in [0.3, 0.4) is 0 Å². The molecule has 1 N–H and O–H groups in total. The molecule has 0 bridgehead atoms. The van der Waals surface area contributed by atoms with E-state index in [4.69, 9.17) is 5.11 Å². The van der Waals surface area contributed by atoms with Crippen LogP contribution in [0.1, 0.15) is 21.5 Å². The summed E-state index contributed by atoms with van der Waals surface area (Å²) in [5.74, 6) is -2.26. The van der Waals surface area contributed by atoms with Crippen molar-refractivity contribution in [3.8, 4) is 0 Å². The molecular formula is C10H9F3O4S. The largest absolute Gasteiger partial charge is 0.478 e. The molecule has 1 aromatic carbocycles. The zero-order valence-electron chi connectivity index (χ0n) is 9.15. The van der Waals surface area contributed by atoms with Crippen molar-refractivity contribution in [2.75, 3.05) is 6.26 Å². The minimum Gasteiger partial charge on any atom is -0.478 e. The molecule has 0 fully saturated rings. The van der Waals surface area contributed by atoms with Gasteiger partial charge in [-0.15, -0.1) is 0 Å². The zero-order chi connectivity index (χ0) is 14.1. The smallest absolute Gasteiger partial charge is 0.417 e. The van der Waals surface area contributed by atoms with Crippen molar-refractivity contribution in [2.24, 2.45) is 0 Å². The summed E-state index contributed by atoms with van der Waals surface area (Å²) < 4.78 is 59.5. The fraction of sp³-hybridized carbons (Fsp3) is 0.300. The molecule has 0 saturated heterocycles. The van der Waals surface area contributed by atoms with Gasteiger partial charge in [-0.25, -0.2) is 13.2 Å². The molecule has 0 aliphatic rings. The lowest BCUT2D eigenvalue weighted by atomic mass is 10.0. The Kier molecular flexibility index (Phi) is 3.70. The Bertz CT molecular complexity index is 575. The fourth-order valence-electron chi connectivity index (χ4n) is 1.41. The highest BCUT2D eigenvalue weighted by molar-refractivity contribution is 7.89. The van der Waals surface area contributed by atoms with Crippen LogP contribution in [-0.4, -0.2) is 25.7 Å². The average Bonchev–Trinajstić information content (AvgIpc) is 2.12. The van der Waals surface area contributed by atoms with Crippen LogP contribution < -0.4 is 0 Å². The van der Waals surface area contributed by atoms with E-state index in [1.807, 2.05) is 0 Å². The van der Waals surface area contributed by atoms with Gasteiger partial charge in [0.1, 0.15) is 0 Å². The van der Waals surface area contributed by atoms with E-state index < -0.39 is 38.9 Å². The Hall–Kier alpha value is -1.57. The highest BCUT2D eigenvalue weighted by atomic mass is 32.2. The van der Waals surface area contributed by atoms with Gasteiger partial charge in [-0.1, -0.05) is 6.07 Å². The van der Waals surface area contributed by atoms with Crippen LogP contribution in [-0.2, 0) is 21.8 Å². The molecule has 0 saturated carbocycles. The van der Waals surface area contributed by atoms with Gasteiger partial charge in [0.25, 0.3) is 0 Å². The molecule has 0 atom stereocenters. The van der Waals surface area contributed by atoms with Gasteiger partial charge in [0, 0.05) is 6.26 Å². The Balaban J connectivity index is 3.33. The van der Waals surface area contributed by atoms with Crippen LogP contribution in [0.5, 0.6) is 0 Å². The Morgan fingerprint density at radius 1 is 1.33 bits per heavy atom. The molecule has 1 aromatic rings. The predicted octanol–water partition coefficient (Wildman–Crippen LogP) is 1.95. The van der Waals surface area contributed by atoms with E-state index in [0.717, 1.165) is 18.4 Å². The Morgan fingerprint density at radius 3 is 2.28 bits per heavy atom. The number of hydrogen-bond acceptors (Lipinski definition) is 3. The maximum Gasteiger partial charge on any atom is 0.417 e. The third-order valence-corrected chi connectivity index (χ3v) is 2.91. The lowest BCUT2D eigenvalue weighted by Gasteiger charge is -2.11. The SMILES string of the molecule is CS(=O)(=O)Cc1ccc(C(F)(F)F)c(C(=O)O)c1. The summed E-state index contributed by atoms with van der Waals surface area (Å²) in [6.45, 7) is 0. The molecular weight excluding hydrogens is 273 g/mol. The maximum absolute atomic E-state index is 12.5. The number of alkyl halides is 3. The second-order valence-electron chi connectivity index (χ2n) is 3.75. The molecule has 0 amide bonds. The average molecular weight is 282 g/mol. The lowest BCUT2D eigenvalue weighted by molar-refractivity contribution is -0.138. The van der Waals surface area contributed by atoms with Gasteiger partial charge >= 0.3 is 12.1 Å². The van der Waals surface area contributed by atoms with Crippen molar-refractivity contribution in [3.05, 3.63) is 34.9 Å². The number of carboxylic acid groups (broad SMARTS) is 1. The van der Waals surface area contributed by atoms with Gasteiger partial charge in [0.15, 0.2) is 9.84 Å². The van der Waals surface area contributed by atoms with Gasteiger partial charge in [-0.3, -0.25) is 0 Å². The molecule has 8 heteroatoms. The summed E-state index contributed by atoms with van der Waals surface area (Å²) in [6.07, 6.45) is -3.89. The maximum atomic E-state index is 12.5. The molecule has 0 heterocycles. The topological polar surface area (TPSA) is 71.4 Å². The van der Waals surface area contributed by atoms with Crippen LogP contribution in [0, 0.1) is 0 Å². The predicted molar refractivity (Wildman–Crippen MR) is 57.0 cm³/mol. The second kappa shape index (κ2) is 4.60. The van der Waals surface area contributed by atoms with Crippen LogP contribution >= 0.6 is 0 Å². The zero-order valence-corrected chi connectivity index (χ0v) is 9.97. The molecule has 0 aliphatic carbocycles. The number of carbonyl (C=O) groups is 1. The van der Waals surface area contributed by atoms with Gasteiger partial charge in [-0.05, 0) is 17.7 Å². The quantitative estimate of drug-likeness (QED) is 0.919. The first-order valence-corrected chi connectivity index (χ1v) is 6.68. The minimum absolute atomic E-state index is 0.00269. The molecule has 1 rings (SSSR count). The van der Waals surface area contributed by atoms with Crippen molar-refractivity contribution in [1.82, 2.24) is 0 Å². The molecule has 0 spiro atoms. The number of halogens is 3. The highest BCUT2D eigenvalue weighted by Gasteiger charge is 2.35. The third-order valence-electron chi connectivity index (χ3n) is 2.05. The van der Waals surface area contributed by atoms with E-state index in [9.17, 15) is 26.4 Å². The standard InChI is InChI=1S/C10H9F3O4S/c1-18(16,17)5-6-2-3-8(10(11,12)13)7(4-6)9(14)15/h2-4H,5H2,1H3,(H,14,15). The number of aromatic carboxylic acids is 1. The Labute approximate surface area is 101 Å². The first-order valence-electron chi connectivity index (χ1n) is 4.62. The number of sulfone groups is 1. The summed E-state index contributed by atoms with van der Waals surface area (Å²) in [6, 6.07) is 2.26. The summed E-state index contributed by atoms with van der Waals surface area (Å²) in [5.41, 5.74) is -2.25. The van der Waals surface area contributed by atoms with Crippen LogP contribution in [0.15, 0.2) is 18.2 Å². The summed E-state index contributed by atoms with van der Waals surface area (Å²) >= 11 is 0. The normalized spacial score (nSPS) is 12.4. The number of rotatable bonds is 3. The monoisotopic (exact) mass is 282 g/mol. The molecule has 18 heavy (non-hydrogen) atoms. The van der Waals surface area contributed by atoms with E-state index in [1.54, 1.807) is 0 Å². The van der Waals surface area contributed by atoms with Crippen molar-refractivity contribution in [3.63, 3.8) is 0 Å². The van der Waals surface area contributed by atoms with Crippen LogP contribution in [0.25, 0.3) is 0 Å². The van der Waals surface area contributed by atoms with Gasteiger partial charge in [0.05, 0.1) is 16.9 Å². The molecule has 0 radical (unpaired) electrons. The van der Waals surface area contributed by atoms with Crippen LogP contribution in [0.2, 0.25) is 0 Å². The van der Waals surface area contributed by atoms with E-state index in [1.165, 1.54) is 0 Å². The molecule has 4 nitrogen and oxygen atoms in total. The summed E-state index contributed by atoms with van der Waals surface area (Å²) in [7, 11) is -3.44. The van der Waals surface area contributed by atoms with Crippen molar-refractivity contribution >= 4 is 15.8 Å². The molecule has 0 aliphatic heterocycles. The van der Waals surface area contributed by atoms with Crippen molar-refractivity contribution in [2.45, 2.75) is 11.9 Å².